The van der Waals surface area contributed by atoms with E-state index in [0.717, 1.165) is 25.2 Å². The van der Waals surface area contributed by atoms with Gasteiger partial charge in [0.25, 0.3) is 5.69 Å². The SMILES string of the molecule is CC1NCCN(Cc2ccc([N+](=O)[O-])c(Cl)c2)C1C. The zero-order chi connectivity index (χ0) is 14.0. The predicted molar refractivity (Wildman–Crippen MR) is 75.4 cm³/mol. The molecule has 1 fully saturated rings. The summed E-state index contributed by atoms with van der Waals surface area (Å²) in [6.45, 7) is 7.06. The van der Waals surface area contributed by atoms with Crippen LogP contribution in [0.1, 0.15) is 19.4 Å². The summed E-state index contributed by atoms with van der Waals surface area (Å²) in [6.07, 6.45) is 0. The molecule has 0 bridgehead atoms. The van der Waals surface area contributed by atoms with Gasteiger partial charge in [-0.3, -0.25) is 15.0 Å². The van der Waals surface area contributed by atoms with Crippen LogP contribution in [0.15, 0.2) is 18.2 Å². The average Bonchev–Trinajstić information content (AvgIpc) is 2.34. The summed E-state index contributed by atoms with van der Waals surface area (Å²) in [6, 6.07) is 5.83. The first-order valence-electron chi connectivity index (χ1n) is 6.39. The molecule has 0 radical (unpaired) electrons. The van der Waals surface area contributed by atoms with Gasteiger partial charge in [0.2, 0.25) is 0 Å². The number of benzene rings is 1. The van der Waals surface area contributed by atoms with Crippen molar-refractivity contribution in [1.29, 1.82) is 0 Å². The van der Waals surface area contributed by atoms with Crippen LogP contribution in [0.4, 0.5) is 5.69 Å². The number of nitro benzene ring substituents is 1. The van der Waals surface area contributed by atoms with Crippen LogP contribution in [0, 0.1) is 10.1 Å². The van der Waals surface area contributed by atoms with Crippen LogP contribution in [0.3, 0.4) is 0 Å². The van der Waals surface area contributed by atoms with Gasteiger partial charge in [-0.25, -0.2) is 0 Å². The molecule has 0 aliphatic carbocycles. The van der Waals surface area contributed by atoms with Gasteiger partial charge < -0.3 is 5.32 Å². The van der Waals surface area contributed by atoms with Crippen LogP contribution >= 0.6 is 11.6 Å². The minimum absolute atomic E-state index is 0.0351. The van der Waals surface area contributed by atoms with Gasteiger partial charge in [0.15, 0.2) is 0 Å². The maximum absolute atomic E-state index is 10.7. The van der Waals surface area contributed by atoms with Crippen molar-refractivity contribution >= 4 is 17.3 Å². The predicted octanol–water partition coefficient (Wildman–Crippen LogP) is 2.43. The molecule has 1 aliphatic rings. The monoisotopic (exact) mass is 283 g/mol. The molecule has 1 aromatic carbocycles. The van der Waals surface area contributed by atoms with Gasteiger partial charge in [0, 0.05) is 37.8 Å². The van der Waals surface area contributed by atoms with Crippen LogP contribution in [0.5, 0.6) is 0 Å². The van der Waals surface area contributed by atoms with Gasteiger partial charge >= 0.3 is 0 Å². The Labute approximate surface area is 117 Å². The fourth-order valence-electron chi connectivity index (χ4n) is 2.38. The lowest BCUT2D eigenvalue weighted by atomic mass is 10.1. The van der Waals surface area contributed by atoms with Crippen LogP contribution in [0.2, 0.25) is 5.02 Å². The van der Waals surface area contributed by atoms with Gasteiger partial charge in [-0.15, -0.1) is 0 Å². The maximum atomic E-state index is 10.7. The van der Waals surface area contributed by atoms with Gasteiger partial charge in [-0.05, 0) is 25.5 Å². The summed E-state index contributed by atoms with van der Waals surface area (Å²) in [5.74, 6) is 0. The highest BCUT2D eigenvalue weighted by molar-refractivity contribution is 6.32. The van der Waals surface area contributed by atoms with E-state index in [1.54, 1.807) is 12.1 Å². The van der Waals surface area contributed by atoms with E-state index in [-0.39, 0.29) is 10.7 Å². The van der Waals surface area contributed by atoms with Crippen molar-refractivity contribution in [3.05, 3.63) is 38.9 Å². The molecule has 1 heterocycles. The minimum Gasteiger partial charge on any atom is -0.311 e. The lowest BCUT2D eigenvalue weighted by Crippen LogP contribution is -2.54. The van der Waals surface area contributed by atoms with Gasteiger partial charge in [-0.2, -0.15) is 0 Å². The third-order valence-corrected chi connectivity index (χ3v) is 4.06. The van der Waals surface area contributed by atoms with Crippen LogP contribution in [0.25, 0.3) is 0 Å². The van der Waals surface area contributed by atoms with Crippen molar-refractivity contribution in [2.45, 2.75) is 32.5 Å². The molecule has 1 N–H and O–H groups in total. The zero-order valence-corrected chi connectivity index (χ0v) is 11.9. The van der Waals surface area contributed by atoms with E-state index in [1.165, 1.54) is 6.07 Å². The second-order valence-corrected chi connectivity index (χ2v) is 5.40. The molecule has 5 nitrogen and oxygen atoms in total. The molecule has 2 atom stereocenters. The van der Waals surface area contributed by atoms with Crippen molar-refractivity contribution in [3.63, 3.8) is 0 Å². The fraction of sp³-hybridized carbons (Fsp3) is 0.538. The smallest absolute Gasteiger partial charge is 0.287 e. The van der Waals surface area contributed by atoms with E-state index in [2.05, 4.69) is 24.1 Å². The number of hydrogen-bond acceptors (Lipinski definition) is 4. The third kappa shape index (κ3) is 3.23. The third-order valence-electron chi connectivity index (χ3n) is 3.76. The molecule has 0 amide bonds. The molecular weight excluding hydrogens is 266 g/mol. The van der Waals surface area contributed by atoms with Crippen molar-refractivity contribution in [2.75, 3.05) is 13.1 Å². The highest BCUT2D eigenvalue weighted by Gasteiger charge is 2.24. The molecule has 0 saturated carbocycles. The zero-order valence-electron chi connectivity index (χ0n) is 11.1. The molecule has 0 spiro atoms. The molecule has 2 unspecified atom stereocenters. The summed E-state index contributed by atoms with van der Waals surface area (Å²) in [5, 5.41) is 14.4. The molecule has 1 aromatic rings. The lowest BCUT2D eigenvalue weighted by Gasteiger charge is -2.38. The second kappa shape index (κ2) is 5.86. The molecule has 1 saturated heterocycles. The van der Waals surface area contributed by atoms with E-state index in [9.17, 15) is 10.1 Å². The first-order valence-corrected chi connectivity index (χ1v) is 6.77. The van der Waals surface area contributed by atoms with Crippen LogP contribution in [-0.2, 0) is 6.54 Å². The Hall–Kier alpha value is -1.17. The number of piperazine rings is 1. The Morgan fingerprint density at radius 2 is 2.26 bits per heavy atom. The highest BCUT2D eigenvalue weighted by Crippen LogP contribution is 2.26. The van der Waals surface area contributed by atoms with E-state index in [0.29, 0.717) is 12.1 Å². The summed E-state index contributed by atoms with van der Waals surface area (Å²) < 4.78 is 0. The minimum atomic E-state index is -0.457. The summed E-state index contributed by atoms with van der Waals surface area (Å²) in [5.41, 5.74) is 0.976. The fourth-order valence-corrected chi connectivity index (χ4v) is 2.65. The Morgan fingerprint density at radius 1 is 1.53 bits per heavy atom. The largest absolute Gasteiger partial charge is 0.311 e. The van der Waals surface area contributed by atoms with Gasteiger partial charge in [0.1, 0.15) is 5.02 Å². The van der Waals surface area contributed by atoms with Crippen molar-refractivity contribution in [1.82, 2.24) is 10.2 Å². The average molecular weight is 284 g/mol. The number of nitrogens with zero attached hydrogens (tertiary/aromatic N) is 2. The van der Waals surface area contributed by atoms with Crippen molar-refractivity contribution in [2.24, 2.45) is 0 Å². The Balaban J connectivity index is 2.11. The molecular formula is C13H18ClN3O2. The number of nitro groups is 1. The number of hydrogen-bond donors (Lipinski definition) is 1. The summed E-state index contributed by atoms with van der Waals surface area (Å²) >= 11 is 5.93. The van der Waals surface area contributed by atoms with E-state index in [1.807, 2.05) is 0 Å². The van der Waals surface area contributed by atoms with Crippen molar-refractivity contribution in [3.8, 4) is 0 Å². The second-order valence-electron chi connectivity index (χ2n) is 5.00. The van der Waals surface area contributed by atoms with E-state index < -0.39 is 4.92 Å². The van der Waals surface area contributed by atoms with Crippen molar-refractivity contribution < 1.29 is 4.92 Å². The Morgan fingerprint density at radius 3 is 2.89 bits per heavy atom. The maximum Gasteiger partial charge on any atom is 0.287 e. The summed E-state index contributed by atoms with van der Waals surface area (Å²) in [4.78, 5) is 12.6. The standard InChI is InChI=1S/C13H18ClN3O2/c1-9-10(2)16(6-5-15-9)8-11-3-4-13(17(18)19)12(14)7-11/h3-4,7,9-10,15H,5-6,8H2,1-2H3. The Bertz CT molecular complexity index is 481. The van der Waals surface area contributed by atoms with Crippen LogP contribution < -0.4 is 5.32 Å². The normalized spacial score (nSPS) is 24.4. The number of nitrogens with one attached hydrogen (secondary N) is 1. The Kier molecular flexibility index (Phi) is 4.39. The molecule has 0 aromatic heterocycles. The number of rotatable bonds is 3. The molecule has 104 valence electrons. The first kappa shape index (κ1) is 14.2. The van der Waals surface area contributed by atoms with E-state index >= 15 is 0 Å². The molecule has 19 heavy (non-hydrogen) atoms. The van der Waals surface area contributed by atoms with Crippen LogP contribution in [-0.4, -0.2) is 35.0 Å². The molecule has 6 heteroatoms. The summed E-state index contributed by atoms with van der Waals surface area (Å²) in [7, 11) is 0. The number of halogens is 1. The quantitative estimate of drug-likeness (QED) is 0.684. The highest BCUT2D eigenvalue weighted by atomic mass is 35.5. The van der Waals surface area contributed by atoms with Gasteiger partial charge in [-0.1, -0.05) is 17.7 Å². The van der Waals surface area contributed by atoms with E-state index in [4.69, 9.17) is 11.6 Å². The molecule has 1 aliphatic heterocycles. The molecule has 2 rings (SSSR count). The first-order chi connectivity index (χ1) is 8.99. The lowest BCUT2D eigenvalue weighted by molar-refractivity contribution is -0.384. The van der Waals surface area contributed by atoms with Gasteiger partial charge in [0.05, 0.1) is 4.92 Å². The topological polar surface area (TPSA) is 58.4 Å².